The molecule has 37 heavy (non-hydrogen) atoms. The summed E-state index contributed by atoms with van der Waals surface area (Å²) in [6.07, 6.45) is 4.13. The Morgan fingerprint density at radius 2 is 1.86 bits per heavy atom. The van der Waals surface area contributed by atoms with Crippen molar-refractivity contribution >= 4 is 41.0 Å². The minimum absolute atomic E-state index is 0.0956. The van der Waals surface area contributed by atoms with E-state index in [0.29, 0.717) is 24.2 Å². The Bertz CT molecular complexity index is 1350. The zero-order valence-corrected chi connectivity index (χ0v) is 22.6. The van der Waals surface area contributed by atoms with Crippen LogP contribution in [0.25, 0.3) is 11.1 Å². The van der Waals surface area contributed by atoms with Gasteiger partial charge in [-0.25, -0.2) is 5.01 Å². The van der Waals surface area contributed by atoms with Crippen molar-refractivity contribution in [3.05, 3.63) is 75.0 Å². The molecular formula is C27H28Cl2N4O4. The average molecular weight is 543 g/mol. The second kappa shape index (κ2) is 10.9. The number of nitrogens with one attached hydrogen (secondary N) is 1. The van der Waals surface area contributed by atoms with Gasteiger partial charge >= 0.3 is 5.97 Å². The maximum atomic E-state index is 13.5. The molecule has 0 spiro atoms. The maximum Gasteiger partial charge on any atom is 0.309 e. The molecule has 8 nitrogen and oxygen atoms in total. The first-order chi connectivity index (χ1) is 17.7. The molecule has 1 aliphatic heterocycles. The fourth-order valence-electron chi connectivity index (χ4n) is 4.78. The van der Waals surface area contributed by atoms with Crippen molar-refractivity contribution in [3.63, 3.8) is 0 Å². The topological polar surface area (TPSA) is 93.5 Å². The summed E-state index contributed by atoms with van der Waals surface area (Å²) in [4.78, 5) is 39.2. The monoisotopic (exact) mass is 542 g/mol. The summed E-state index contributed by atoms with van der Waals surface area (Å²) >= 11 is 13.0. The van der Waals surface area contributed by atoms with E-state index >= 15 is 0 Å². The number of hydrogen-bond acceptors (Lipinski definition) is 5. The molecule has 2 atom stereocenters. The summed E-state index contributed by atoms with van der Waals surface area (Å²) < 4.78 is 6.87. The SMILES string of the molecule is CCOC(=O)[C@@H](C)[C@@H](CC)c1cccc2c1C(=O)NN(C(=O)c1c(Cl)cc(-c3cnn(C)c3)cc1Cl)C2. The van der Waals surface area contributed by atoms with Crippen LogP contribution in [-0.4, -0.2) is 39.2 Å². The van der Waals surface area contributed by atoms with E-state index in [9.17, 15) is 14.4 Å². The second-order valence-corrected chi connectivity index (χ2v) is 9.80. The van der Waals surface area contributed by atoms with Gasteiger partial charge in [0.05, 0.1) is 40.9 Å². The first-order valence-corrected chi connectivity index (χ1v) is 12.8. The third-order valence-electron chi connectivity index (χ3n) is 6.62. The van der Waals surface area contributed by atoms with E-state index in [0.717, 1.165) is 16.7 Å². The molecule has 1 aliphatic rings. The molecule has 3 aromatic rings. The summed E-state index contributed by atoms with van der Waals surface area (Å²) in [6.45, 7) is 5.95. The predicted molar refractivity (Wildman–Crippen MR) is 141 cm³/mol. The Kier molecular flexibility index (Phi) is 7.90. The Hall–Kier alpha value is -3.36. The number of rotatable bonds is 7. The summed E-state index contributed by atoms with van der Waals surface area (Å²) in [7, 11) is 1.80. The predicted octanol–water partition coefficient (Wildman–Crippen LogP) is 5.39. The summed E-state index contributed by atoms with van der Waals surface area (Å²) in [5, 5.41) is 5.69. The molecule has 0 saturated carbocycles. The molecule has 10 heteroatoms. The highest BCUT2D eigenvalue weighted by molar-refractivity contribution is 6.40. The lowest BCUT2D eigenvalue weighted by molar-refractivity contribution is -0.148. The van der Waals surface area contributed by atoms with Gasteiger partial charge in [0.1, 0.15) is 0 Å². The third kappa shape index (κ3) is 5.22. The number of aryl methyl sites for hydroxylation is 1. The Morgan fingerprint density at radius 3 is 2.46 bits per heavy atom. The lowest BCUT2D eigenvalue weighted by Crippen LogP contribution is -2.50. The molecule has 2 amide bonds. The van der Waals surface area contributed by atoms with E-state index in [4.69, 9.17) is 27.9 Å². The van der Waals surface area contributed by atoms with Gasteiger partial charge < -0.3 is 4.74 Å². The van der Waals surface area contributed by atoms with Crippen molar-refractivity contribution in [2.45, 2.75) is 39.7 Å². The standard InChI is InChI=1S/C27H28Cl2N4O4/c1-5-19(15(3)27(36)37-6-2)20-9-7-8-16-14-33(31-25(34)23(16)20)26(35)24-21(28)10-17(11-22(24)29)18-12-30-32(4)13-18/h7-13,15,19H,5-6,14H2,1-4H3,(H,31,34)/t15-,19+/m0/s1. The molecular weight excluding hydrogens is 515 g/mol. The Balaban J connectivity index is 1.64. The molecule has 0 bridgehead atoms. The molecule has 0 fully saturated rings. The number of amides is 2. The van der Waals surface area contributed by atoms with Crippen LogP contribution < -0.4 is 5.43 Å². The average Bonchev–Trinajstić information content (AvgIpc) is 3.30. The summed E-state index contributed by atoms with van der Waals surface area (Å²) in [5.74, 6) is -1.91. The summed E-state index contributed by atoms with van der Waals surface area (Å²) in [6, 6.07) is 8.79. The molecule has 0 radical (unpaired) electrons. The minimum atomic E-state index is -0.524. The molecule has 0 aliphatic carbocycles. The van der Waals surface area contributed by atoms with Crippen molar-refractivity contribution in [3.8, 4) is 11.1 Å². The van der Waals surface area contributed by atoms with Gasteiger partial charge in [-0.1, -0.05) is 55.2 Å². The van der Waals surface area contributed by atoms with Gasteiger partial charge in [-0.05, 0) is 48.1 Å². The number of esters is 1. The first-order valence-electron chi connectivity index (χ1n) is 12.1. The first kappa shape index (κ1) is 26.7. The highest BCUT2D eigenvalue weighted by Gasteiger charge is 2.34. The van der Waals surface area contributed by atoms with Crippen molar-refractivity contribution < 1.29 is 19.1 Å². The zero-order chi connectivity index (χ0) is 26.9. The number of fused-ring (bicyclic) bond motifs is 1. The highest BCUT2D eigenvalue weighted by atomic mass is 35.5. The quantitative estimate of drug-likeness (QED) is 0.404. The van der Waals surface area contributed by atoms with Crippen LogP contribution in [0.2, 0.25) is 10.0 Å². The number of hydrogen-bond donors (Lipinski definition) is 1. The number of ether oxygens (including phenoxy) is 1. The number of hydrazine groups is 1. The molecule has 1 N–H and O–H groups in total. The number of carbonyl (C=O) groups is 3. The van der Waals surface area contributed by atoms with Gasteiger partial charge in [0.25, 0.3) is 11.8 Å². The van der Waals surface area contributed by atoms with E-state index in [1.807, 2.05) is 25.3 Å². The van der Waals surface area contributed by atoms with Gasteiger partial charge in [0.15, 0.2) is 0 Å². The lowest BCUT2D eigenvalue weighted by atomic mass is 9.81. The number of benzene rings is 2. The Morgan fingerprint density at radius 1 is 1.16 bits per heavy atom. The fourth-order valence-corrected chi connectivity index (χ4v) is 5.43. The zero-order valence-electron chi connectivity index (χ0n) is 21.0. The molecule has 1 aromatic heterocycles. The van der Waals surface area contributed by atoms with E-state index in [-0.39, 0.29) is 34.0 Å². The van der Waals surface area contributed by atoms with Crippen molar-refractivity contribution in [1.29, 1.82) is 0 Å². The van der Waals surface area contributed by atoms with Crippen molar-refractivity contribution in [2.75, 3.05) is 6.61 Å². The molecule has 2 aromatic carbocycles. The highest BCUT2D eigenvalue weighted by Crippen LogP contribution is 2.36. The van der Waals surface area contributed by atoms with Crippen LogP contribution in [0, 0.1) is 5.92 Å². The smallest absolute Gasteiger partial charge is 0.309 e. The minimum Gasteiger partial charge on any atom is -0.466 e. The van der Waals surface area contributed by atoms with Crippen LogP contribution in [-0.2, 0) is 23.1 Å². The molecule has 0 unspecified atom stereocenters. The molecule has 194 valence electrons. The van der Waals surface area contributed by atoms with E-state index in [1.54, 1.807) is 50.0 Å². The fraction of sp³-hybridized carbons (Fsp3) is 0.333. The second-order valence-electron chi connectivity index (χ2n) is 8.99. The molecule has 0 saturated heterocycles. The Labute approximate surface area is 225 Å². The van der Waals surface area contributed by atoms with Crippen molar-refractivity contribution in [2.24, 2.45) is 13.0 Å². The van der Waals surface area contributed by atoms with Crippen LogP contribution in [0.4, 0.5) is 0 Å². The lowest BCUT2D eigenvalue weighted by Gasteiger charge is -2.32. The van der Waals surface area contributed by atoms with Gasteiger partial charge in [-0.15, -0.1) is 0 Å². The largest absolute Gasteiger partial charge is 0.466 e. The third-order valence-corrected chi connectivity index (χ3v) is 7.21. The number of halogens is 2. The normalized spacial score (nSPS) is 14.5. The van der Waals surface area contributed by atoms with Crippen molar-refractivity contribution in [1.82, 2.24) is 20.2 Å². The number of nitrogens with zero attached hydrogens (tertiary/aromatic N) is 3. The van der Waals surface area contributed by atoms with Crippen LogP contribution in [0.5, 0.6) is 0 Å². The van der Waals surface area contributed by atoms with Gasteiger partial charge in [-0.2, -0.15) is 5.10 Å². The van der Waals surface area contributed by atoms with E-state index in [1.165, 1.54) is 5.01 Å². The van der Waals surface area contributed by atoms with Crippen LogP contribution in [0.3, 0.4) is 0 Å². The number of carbonyl (C=O) groups excluding carboxylic acids is 3. The van der Waals surface area contributed by atoms with E-state index < -0.39 is 17.7 Å². The van der Waals surface area contributed by atoms with Crippen LogP contribution in [0.15, 0.2) is 42.7 Å². The summed E-state index contributed by atoms with van der Waals surface area (Å²) in [5.41, 5.74) is 6.20. The molecule has 2 heterocycles. The van der Waals surface area contributed by atoms with Gasteiger partial charge in [-0.3, -0.25) is 24.5 Å². The maximum absolute atomic E-state index is 13.5. The van der Waals surface area contributed by atoms with Crippen LogP contribution >= 0.6 is 23.2 Å². The van der Waals surface area contributed by atoms with Gasteiger partial charge in [0.2, 0.25) is 0 Å². The van der Waals surface area contributed by atoms with Crippen LogP contribution in [0.1, 0.15) is 65.0 Å². The van der Waals surface area contributed by atoms with Gasteiger partial charge in [0, 0.05) is 24.4 Å². The molecule has 4 rings (SSSR count). The number of aromatic nitrogens is 2. The van der Waals surface area contributed by atoms with E-state index in [2.05, 4.69) is 10.5 Å².